The van der Waals surface area contributed by atoms with Crippen molar-refractivity contribution in [2.24, 2.45) is 5.73 Å². The predicted molar refractivity (Wildman–Crippen MR) is 74.1 cm³/mol. The molecule has 0 aliphatic heterocycles. The van der Waals surface area contributed by atoms with Crippen LogP contribution in [0.5, 0.6) is 0 Å². The molecule has 1 atom stereocenters. The van der Waals surface area contributed by atoms with Crippen molar-refractivity contribution in [3.63, 3.8) is 0 Å². The third kappa shape index (κ3) is 12.0. The van der Waals surface area contributed by atoms with Gasteiger partial charge in [0.1, 0.15) is 12.4 Å². The van der Waals surface area contributed by atoms with Gasteiger partial charge in [0.05, 0.1) is 19.3 Å². The van der Waals surface area contributed by atoms with E-state index < -0.39 is 0 Å². The third-order valence-electron chi connectivity index (χ3n) is 2.83. The van der Waals surface area contributed by atoms with Gasteiger partial charge in [0.15, 0.2) is 5.78 Å². The zero-order chi connectivity index (χ0) is 14.5. The topological polar surface area (TPSA) is 78.6 Å². The predicted octanol–water partition coefficient (Wildman–Crippen LogP) is 1.48. The van der Waals surface area contributed by atoms with Crippen LogP contribution in [-0.4, -0.2) is 44.0 Å². The number of hydrogen-bond donors (Lipinski definition) is 1. The Morgan fingerprint density at radius 1 is 1.11 bits per heavy atom. The number of ketones is 2. The van der Waals surface area contributed by atoms with E-state index in [4.69, 9.17) is 15.2 Å². The lowest BCUT2D eigenvalue weighted by molar-refractivity contribution is -0.124. The molecule has 19 heavy (non-hydrogen) atoms. The molecule has 0 aromatic heterocycles. The van der Waals surface area contributed by atoms with E-state index in [1.807, 2.05) is 6.92 Å². The van der Waals surface area contributed by atoms with E-state index in [0.717, 1.165) is 19.3 Å². The molecule has 0 rings (SSSR count). The molecule has 0 heterocycles. The van der Waals surface area contributed by atoms with Crippen LogP contribution in [0.15, 0.2) is 0 Å². The molecular formula is C14H27NO4. The van der Waals surface area contributed by atoms with Crippen LogP contribution in [0, 0.1) is 0 Å². The van der Waals surface area contributed by atoms with Gasteiger partial charge in [0, 0.05) is 13.0 Å². The van der Waals surface area contributed by atoms with Crippen LogP contribution in [0.1, 0.15) is 46.0 Å². The van der Waals surface area contributed by atoms with Gasteiger partial charge in [-0.05, 0) is 26.7 Å². The summed E-state index contributed by atoms with van der Waals surface area (Å²) in [6.07, 6.45) is 3.88. The number of ether oxygens (including phenoxy) is 2. The molecule has 112 valence electrons. The minimum Gasteiger partial charge on any atom is -0.379 e. The summed E-state index contributed by atoms with van der Waals surface area (Å²) >= 11 is 0. The second kappa shape index (κ2) is 12.3. The number of rotatable bonds is 13. The van der Waals surface area contributed by atoms with Crippen LogP contribution in [0.25, 0.3) is 0 Å². The molecule has 0 aromatic carbocycles. The Balaban J connectivity index is 3.31. The molecule has 0 saturated heterocycles. The van der Waals surface area contributed by atoms with Crippen molar-refractivity contribution in [1.82, 2.24) is 0 Å². The van der Waals surface area contributed by atoms with Crippen molar-refractivity contribution in [3.05, 3.63) is 0 Å². The SMILES string of the molecule is CCOCCOCC(=O)CCCCC[C@H](N)C(C)=O. The fourth-order valence-corrected chi connectivity index (χ4v) is 1.59. The van der Waals surface area contributed by atoms with Crippen LogP contribution in [0.3, 0.4) is 0 Å². The molecule has 2 N–H and O–H groups in total. The second-order valence-electron chi connectivity index (χ2n) is 4.60. The maximum atomic E-state index is 11.4. The summed E-state index contributed by atoms with van der Waals surface area (Å²) in [4.78, 5) is 22.3. The van der Waals surface area contributed by atoms with E-state index in [2.05, 4.69) is 0 Å². The van der Waals surface area contributed by atoms with Crippen LogP contribution < -0.4 is 5.73 Å². The van der Waals surface area contributed by atoms with E-state index in [1.165, 1.54) is 6.92 Å². The Kier molecular flexibility index (Phi) is 11.8. The third-order valence-corrected chi connectivity index (χ3v) is 2.83. The van der Waals surface area contributed by atoms with Gasteiger partial charge in [-0.2, -0.15) is 0 Å². The Morgan fingerprint density at radius 3 is 2.42 bits per heavy atom. The summed E-state index contributed by atoms with van der Waals surface area (Å²) in [6.45, 7) is 5.26. The van der Waals surface area contributed by atoms with Gasteiger partial charge < -0.3 is 15.2 Å². The average molecular weight is 273 g/mol. The fourth-order valence-electron chi connectivity index (χ4n) is 1.59. The summed E-state index contributed by atoms with van der Waals surface area (Å²) in [5.74, 6) is 0.145. The average Bonchev–Trinajstić information content (AvgIpc) is 2.37. The zero-order valence-corrected chi connectivity index (χ0v) is 12.2. The van der Waals surface area contributed by atoms with Crippen molar-refractivity contribution in [2.75, 3.05) is 26.4 Å². The number of Topliss-reactive ketones (excluding diaryl/α,β-unsaturated/α-hetero) is 2. The molecule has 5 heteroatoms. The zero-order valence-electron chi connectivity index (χ0n) is 12.2. The molecular weight excluding hydrogens is 246 g/mol. The highest BCUT2D eigenvalue weighted by molar-refractivity contribution is 5.81. The number of unbranched alkanes of at least 4 members (excludes halogenated alkanes) is 2. The Hall–Kier alpha value is -0.780. The van der Waals surface area contributed by atoms with Crippen molar-refractivity contribution >= 4 is 11.6 Å². The smallest absolute Gasteiger partial charge is 0.158 e. The minimum absolute atomic E-state index is 0.0266. The van der Waals surface area contributed by atoms with Gasteiger partial charge in [-0.15, -0.1) is 0 Å². The van der Waals surface area contributed by atoms with E-state index in [0.29, 0.717) is 32.7 Å². The molecule has 5 nitrogen and oxygen atoms in total. The van der Waals surface area contributed by atoms with Gasteiger partial charge in [-0.3, -0.25) is 9.59 Å². The largest absolute Gasteiger partial charge is 0.379 e. The van der Waals surface area contributed by atoms with E-state index in [9.17, 15) is 9.59 Å². The number of carbonyl (C=O) groups is 2. The fraction of sp³-hybridized carbons (Fsp3) is 0.857. The van der Waals surface area contributed by atoms with Gasteiger partial charge in [-0.25, -0.2) is 0 Å². The molecule has 0 spiro atoms. The number of hydrogen-bond acceptors (Lipinski definition) is 5. The molecule has 0 unspecified atom stereocenters. The molecule has 0 amide bonds. The lowest BCUT2D eigenvalue weighted by Gasteiger charge is -2.07. The monoisotopic (exact) mass is 273 g/mol. The molecule has 0 aromatic rings. The molecule has 0 aliphatic carbocycles. The normalized spacial score (nSPS) is 12.4. The van der Waals surface area contributed by atoms with E-state index in [1.54, 1.807) is 0 Å². The van der Waals surface area contributed by atoms with Crippen molar-refractivity contribution < 1.29 is 19.1 Å². The molecule has 0 aliphatic rings. The second-order valence-corrected chi connectivity index (χ2v) is 4.60. The highest BCUT2D eigenvalue weighted by Crippen LogP contribution is 2.06. The lowest BCUT2D eigenvalue weighted by Crippen LogP contribution is -2.27. The summed E-state index contributed by atoms with van der Waals surface area (Å²) in [6, 6.07) is -0.349. The first-order valence-corrected chi connectivity index (χ1v) is 7.01. The molecule has 0 bridgehead atoms. The minimum atomic E-state index is -0.349. The van der Waals surface area contributed by atoms with Gasteiger partial charge in [0.25, 0.3) is 0 Å². The first kappa shape index (κ1) is 18.2. The Labute approximate surface area is 115 Å². The first-order chi connectivity index (χ1) is 9.07. The standard InChI is InChI=1S/C14H27NO4/c1-3-18-9-10-19-11-13(17)7-5-4-6-8-14(15)12(2)16/h14H,3-11,15H2,1-2H3/t14-/m0/s1. The van der Waals surface area contributed by atoms with Crippen molar-refractivity contribution in [2.45, 2.75) is 52.0 Å². The van der Waals surface area contributed by atoms with E-state index >= 15 is 0 Å². The highest BCUT2D eigenvalue weighted by atomic mass is 16.5. The van der Waals surface area contributed by atoms with Crippen molar-refractivity contribution in [3.8, 4) is 0 Å². The summed E-state index contributed by atoms with van der Waals surface area (Å²) in [7, 11) is 0. The van der Waals surface area contributed by atoms with Gasteiger partial charge in [-0.1, -0.05) is 12.8 Å². The van der Waals surface area contributed by atoms with Crippen LogP contribution in [0.4, 0.5) is 0 Å². The van der Waals surface area contributed by atoms with Crippen LogP contribution in [-0.2, 0) is 19.1 Å². The van der Waals surface area contributed by atoms with Gasteiger partial charge >= 0.3 is 0 Å². The Bertz CT molecular complexity index is 256. The molecule has 0 saturated carbocycles. The highest BCUT2D eigenvalue weighted by Gasteiger charge is 2.07. The quantitative estimate of drug-likeness (QED) is 0.514. The number of nitrogens with two attached hydrogens (primary N) is 1. The van der Waals surface area contributed by atoms with Crippen LogP contribution in [0.2, 0.25) is 0 Å². The molecule has 0 radical (unpaired) electrons. The maximum absolute atomic E-state index is 11.4. The molecule has 0 fully saturated rings. The van der Waals surface area contributed by atoms with Gasteiger partial charge in [0.2, 0.25) is 0 Å². The van der Waals surface area contributed by atoms with E-state index in [-0.39, 0.29) is 24.2 Å². The maximum Gasteiger partial charge on any atom is 0.158 e. The first-order valence-electron chi connectivity index (χ1n) is 7.01. The number of carbonyl (C=O) groups excluding carboxylic acids is 2. The summed E-state index contributed by atoms with van der Waals surface area (Å²) in [5.41, 5.74) is 5.62. The summed E-state index contributed by atoms with van der Waals surface area (Å²) < 4.78 is 10.3. The summed E-state index contributed by atoms with van der Waals surface area (Å²) in [5, 5.41) is 0. The Morgan fingerprint density at radius 2 is 1.79 bits per heavy atom. The van der Waals surface area contributed by atoms with Crippen molar-refractivity contribution in [1.29, 1.82) is 0 Å². The lowest BCUT2D eigenvalue weighted by atomic mass is 10.0. The van der Waals surface area contributed by atoms with Crippen LogP contribution >= 0.6 is 0 Å².